The largest absolute Gasteiger partial charge is 0.333 e. The maximum Gasteiger partial charge on any atom is 0.283 e. The Kier molecular flexibility index (Phi) is 6.82. The van der Waals surface area contributed by atoms with Gasteiger partial charge >= 0.3 is 0 Å². The zero-order valence-corrected chi connectivity index (χ0v) is 7.56. The summed E-state index contributed by atoms with van der Waals surface area (Å²) in [5, 5.41) is 0. The van der Waals surface area contributed by atoms with Crippen molar-refractivity contribution in [1.29, 1.82) is 0 Å². The molecule has 50 valence electrons. The lowest BCUT2D eigenvalue weighted by Gasteiger charge is -2.08. The molecule has 0 spiro atoms. The normalized spacial score (nSPS) is 10.5. The first-order valence-corrected chi connectivity index (χ1v) is 5.13. The Hall–Kier alpha value is 0.960. The van der Waals surface area contributed by atoms with Crippen LogP contribution < -0.4 is 0 Å². The summed E-state index contributed by atoms with van der Waals surface area (Å²) in [5.41, 5.74) is 0. The summed E-state index contributed by atoms with van der Waals surface area (Å²) in [6.45, 7) is -0.545. The average molecular weight is 250 g/mol. The lowest BCUT2D eigenvalue weighted by atomic mass is 11.2. The van der Waals surface area contributed by atoms with Gasteiger partial charge in [-0.25, -0.2) is 4.18 Å². The van der Waals surface area contributed by atoms with E-state index < -0.39 is 6.48 Å². The quantitative estimate of drug-likeness (QED) is 0.430. The topological polar surface area (TPSA) is 27.7 Å². The van der Waals surface area contributed by atoms with E-state index in [-0.39, 0.29) is 0 Å². The van der Waals surface area contributed by atoms with Crippen molar-refractivity contribution in [2.24, 2.45) is 0 Å². The van der Waals surface area contributed by atoms with Gasteiger partial charge in [0.05, 0.1) is 9.21 Å². The second-order valence-electron chi connectivity index (χ2n) is 0.919. The zero-order chi connectivity index (χ0) is 6.41. The van der Waals surface area contributed by atoms with Gasteiger partial charge in [0.15, 0.2) is 0 Å². The highest BCUT2D eigenvalue weighted by Crippen LogP contribution is 2.15. The monoisotopic (exact) mass is 250 g/mol. The highest BCUT2D eigenvalue weighted by Gasteiger charge is 2.01. The fourth-order valence-corrected chi connectivity index (χ4v) is 0.930. The Morgan fingerprint density at radius 3 is 2.00 bits per heavy atom. The van der Waals surface area contributed by atoms with Crippen LogP contribution in [0.25, 0.3) is 0 Å². The van der Waals surface area contributed by atoms with E-state index in [4.69, 9.17) is 4.18 Å². The highest BCUT2D eigenvalue weighted by molar-refractivity contribution is 14.2. The van der Waals surface area contributed by atoms with Crippen LogP contribution in [0.4, 0.5) is 0 Å². The molecular formula is C3H7IO3S. The van der Waals surface area contributed by atoms with Gasteiger partial charge in [0.25, 0.3) is 6.48 Å². The maximum atomic E-state index is 4.80. The van der Waals surface area contributed by atoms with Gasteiger partial charge in [-0.2, -0.15) is 0 Å². The van der Waals surface area contributed by atoms with Crippen LogP contribution in [0.5, 0.6) is 0 Å². The second-order valence-corrected chi connectivity index (χ2v) is 2.32. The number of halogens is 1. The van der Waals surface area contributed by atoms with Gasteiger partial charge in [-0.3, -0.25) is 0 Å². The molecule has 0 rings (SSSR count). The Bertz CT molecular complexity index is 49.8. The molecule has 0 aromatic carbocycles. The van der Waals surface area contributed by atoms with Crippen LogP contribution in [-0.4, -0.2) is 20.7 Å². The number of hydrogen-bond donors (Lipinski definition) is 0. The van der Waals surface area contributed by atoms with Gasteiger partial charge in [0.2, 0.25) is 0 Å². The molecule has 0 radical (unpaired) electrons. The molecule has 0 bridgehead atoms. The van der Waals surface area contributed by atoms with Crippen LogP contribution in [0.2, 0.25) is 0 Å². The SMILES string of the molecule is COC(OC)OSI. The van der Waals surface area contributed by atoms with E-state index in [2.05, 4.69) is 9.47 Å². The molecule has 0 aromatic heterocycles. The minimum Gasteiger partial charge on any atom is -0.333 e. The van der Waals surface area contributed by atoms with E-state index in [9.17, 15) is 0 Å². The third-order valence-corrected chi connectivity index (χ3v) is 1.35. The number of hydrogen-bond acceptors (Lipinski definition) is 4. The molecule has 0 heterocycles. The van der Waals surface area contributed by atoms with Crippen LogP contribution in [-0.2, 0) is 13.7 Å². The molecule has 3 nitrogen and oxygen atoms in total. The molecule has 0 unspecified atom stereocenters. The van der Waals surface area contributed by atoms with Crippen LogP contribution in [0.1, 0.15) is 0 Å². The molecule has 0 atom stereocenters. The van der Waals surface area contributed by atoms with Gasteiger partial charge in [-0.1, -0.05) is 0 Å². The first kappa shape index (κ1) is 8.96. The van der Waals surface area contributed by atoms with E-state index in [1.807, 2.05) is 21.2 Å². The molecule has 5 heteroatoms. The van der Waals surface area contributed by atoms with Crippen LogP contribution in [0.3, 0.4) is 0 Å². The highest BCUT2D eigenvalue weighted by atomic mass is 127. The van der Waals surface area contributed by atoms with E-state index in [0.717, 1.165) is 0 Å². The molecule has 0 aliphatic carbocycles. The molecule has 0 aliphatic heterocycles. The van der Waals surface area contributed by atoms with Crippen molar-refractivity contribution in [2.45, 2.75) is 6.48 Å². The third kappa shape index (κ3) is 3.90. The van der Waals surface area contributed by atoms with E-state index in [1.54, 1.807) is 0 Å². The van der Waals surface area contributed by atoms with Crippen molar-refractivity contribution in [3.8, 4) is 0 Å². The van der Waals surface area contributed by atoms with Gasteiger partial charge in [-0.15, -0.1) is 0 Å². The van der Waals surface area contributed by atoms with Crippen molar-refractivity contribution in [1.82, 2.24) is 0 Å². The molecule has 0 saturated carbocycles. The number of methoxy groups -OCH3 is 2. The van der Waals surface area contributed by atoms with Crippen LogP contribution >= 0.6 is 30.4 Å². The predicted molar refractivity (Wildman–Crippen MR) is 40.5 cm³/mol. The summed E-state index contributed by atoms with van der Waals surface area (Å²) >= 11 is 1.98. The molecule has 0 N–H and O–H groups in total. The smallest absolute Gasteiger partial charge is 0.283 e. The van der Waals surface area contributed by atoms with Crippen molar-refractivity contribution >= 4 is 30.4 Å². The van der Waals surface area contributed by atoms with Crippen molar-refractivity contribution in [3.05, 3.63) is 0 Å². The molecule has 0 fully saturated rings. The first-order valence-electron chi connectivity index (χ1n) is 1.84. The zero-order valence-electron chi connectivity index (χ0n) is 4.59. The predicted octanol–water partition coefficient (Wildman–Crippen LogP) is 1.58. The summed E-state index contributed by atoms with van der Waals surface area (Å²) in [7, 11) is 4.21. The molecule has 8 heavy (non-hydrogen) atoms. The van der Waals surface area contributed by atoms with Gasteiger partial charge < -0.3 is 9.47 Å². The lowest BCUT2D eigenvalue weighted by Crippen LogP contribution is -2.12. The molecule has 0 aliphatic rings. The van der Waals surface area contributed by atoms with Gasteiger partial charge in [0.1, 0.15) is 0 Å². The second kappa shape index (κ2) is 6.09. The Morgan fingerprint density at radius 2 is 1.88 bits per heavy atom. The fourth-order valence-electron chi connectivity index (χ4n) is 0.204. The minimum absolute atomic E-state index is 0.545. The summed E-state index contributed by atoms with van der Waals surface area (Å²) in [6, 6.07) is 0. The average Bonchev–Trinajstić information content (AvgIpc) is 1.83. The Balaban J connectivity index is 3.07. The summed E-state index contributed by atoms with van der Waals surface area (Å²) in [4.78, 5) is 0. The first-order chi connectivity index (χ1) is 3.85. The van der Waals surface area contributed by atoms with Gasteiger partial charge in [-0.05, 0) is 0 Å². The van der Waals surface area contributed by atoms with Crippen molar-refractivity contribution in [2.75, 3.05) is 14.2 Å². The van der Waals surface area contributed by atoms with Crippen LogP contribution in [0, 0.1) is 0 Å². The maximum absolute atomic E-state index is 4.80. The molecule has 0 aromatic rings. The number of ether oxygens (including phenoxy) is 2. The van der Waals surface area contributed by atoms with E-state index in [1.165, 1.54) is 23.4 Å². The molecule has 0 amide bonds. The van der Waals surface area contributed by atoms with E-state index in [0.29, 0.717) is 0 Å². The summed E-state index contributed by atoms with van der Waals surface area (Å²) in [6.07, 6.45) is 0. The molecule has 0 saturated heterocycles. The third-order valence-electron chi connectivity index (χ3n) is 0.500. The fraction of sp³-hybridized carbons (Fsp3) is 1.00. The van der Waals surface area contributed by atoms with Crippen LogP contribution in [0.15, 0.2) is 0 Å². The Labute approximate surface area is 64.9 Å². The summed E-state index contributed by atoms with van der Waals surface area (Å²) in [5.74, 6) is 0. The lowest BCUT2D eigenvalue weighted by molar-refractivity contribution is -0.210. The standard InChI is InChI=1S/C3H7IO3S/c1-5-3(6-2)7-8-4/h3H,1-2H3. The number of rotatable bonds is 4. The van der Waals surface area contributed by atoms with Gasteiger partial charge in [0, 0.05) is 35.4 Å². The summed E-state index contributed by atoms with van der Waals surface area (Å²) < 4.78 is 14.1. The minimum atomic E-state index is -0.545. The van der Waals surface area contributed by atoms with E-state index >= 15 is 0 Å². The van der Waals surface area contributed by atoms with Crippen molar-refractivity contribution in [3.63, 3.8) is 0 Å². The Morgan fingerprint density at radius 1 is 1.38 bits per heavy atom. The van der Waals surface area contributed by atoms with Crippen molar-refractivity contribution < 1.29 is 13.7 Å². The molecular weight excluding hydrogens is 243 g/mol.